The van der Waals surface area contributed by atoms with Crippen molar-refractivity contribution in [3.63, 3.8) is 0 Å². The number of rotatable bonds is 8. The van der Waals surface area contributed by atoms with Crippen LogP contribution in [0.2, 0.25) is 0 Å². The number of aryl methyl sites for hydroxylation is 1. The molecule has 1 unspecified atom stereocenters. The molecular weight excluding hydrogens is 306 g/mol. The molecular formula is C19H23NO2S. The SMILES string of the molecule is Cc1ccccc1OCC(C)NC(=O)CCSc1ccccc1. The van der Waals surface area contributed by atoms with Gasteiger partial charge < -0.3 is 10.1 Å². The van der Waals surface area contributed by atoms with Gasteiger partial charge in [-0.1, -0.05) is 36.4 Å². The number of amides is 1. The number of para-hydroxylation sites is 1. The van der Waals surface area contributed by atoms with Gasteiger partial charge in [0.15, 0.2) is 0 Å². The van der Waals surface area contributed by atoms with Crippen LogP contribution in [-0.4, -0.2) is 24.3 Å². The second-order valence-electron chi connectivity index (χ2n) is 5.46. The van der Waals surface area contributed by atoms with Crippen LogP contribution in [0.1, 0.15) is 18.9 Å². The normalized spacial score (nSPS) is 11.7. The van der Waals surface area contributed by atoms with E-state index in [2.05, 4.69) is 17.4 Å². The van der Waals surface area contributed by atoms with Crippen LogP contribution in [-0.2, 0) is 4.79 Å². The monoisotopic (exact) mass is 329 g/mol. The first-order valence-electron chi connectivity index (χ1n) is 7.81. The van der Waals surface area contributed by atoms with Gasteiger partial charge in [-0.15, -0.1) is 11.8 Å². The van der Waals surface area contributed by atoms with Crippen molar-refractivity contribution < 1.29 is 9.53 Å². The third kappa shape index (κ3) is 6.37. The lowest BCUT2D eigenvalue weighted by molar-refractivity contribution is -0.121. The molecule has 23 heavy (non-hydrogen) atoms. The minimum absolute atomic E-state index is 0.0103. The molecule has 2 aromatic rings. The van der Waals surface area contributed by atoms with Crippen LogP contribution in [0.25, 0.3) is 0 Å². The molecule has 1 N–H and O–H groups in total. The summed E-state index contributed by atoms with van der Waals surface area (Å²) in [5, 5.41) is 2.98. The minimum Gasteiger partial charge on any atom is -0.491 e. The number of hydrogen-bond acceptors (Lipinski definition) is 3. The summed E-state index contributed by atoms with van der Waals surface area (Å²) in [5.74, 6) is 1.71. The first-order valence-corrected chi connectivity index (χ1v) is 8.79. The number of thioether (sulfide) groups is 1. The first-order chi connectivity index (χ1) is 11.1. The van der Waals surface area contributed by atoms with Gasteiger partial charge in [0.1, 0.15) is 12.4 Å². The standard InChI is InChI=1S/C19H23NO2S/c1-15-8-6-7-11-18(15)22-14-16(2)20-19(21)12-13-23-17-9-4-3-5-10-17/h3-11,16H,12-14H2,1-2H3,(H,20,21). The maximum Gasteiger partial charge on any atom is 0.221 e. The molecule has 4 heteroatoms. The zero-order valence-electron chi connectivity index (χ0n) is 13.6. The van der Waals surface area contributed by atoms with Crippen LogP contribution in [0.15, 0.2) is 59.5 Å². The molecule has 0 bridgehead atoms. The molecule has 0 radical (unpaired) electrons. The van der Waals surface area contributed by atoms with Crippen molar-refractivity contribution in [3.8, 4) is 5.75 Å². The van der Waals surface area contributed by atoms with Crippen LogP contribution < -0.4 is 10.1 Å². The third-order valence-electron chi connectivity index (χ3n) is 3.33. The molecule has 0 saturated carbocycles. The second kappa shape index (κ2) is 9.26. The van der Waals surface area contributed by atoms with E-state index in [-0.39, 0.29) is 11.9 Å². The zero-order valence-corrected chi connectivity index (χ0v) is 14.4. The smallest absolute Gasteiger partial charge is 0.221 e. The lowest BCUT2D eigenvalue weighted by atomic mass is 10.2. The summed E-state index contributed by atoms with van der Waals surface area (Å²) >= 11 is 1.70. The van der Waals surface area contributed by atoms with Crippen LogP contribution >= 0.6 is 11.8 Å². The Balaban J connectivity index is 1.65. The largest absolute Gasteiger partial charge is 0.491 e. The Labute approximate surface area is 142 Å². The summed E-state index contributed by atoms with van der Waals surface area (Å²) in [4.78, 5) is 13.1. The molecule has 0 fully saturated rings. The molecule has 0 aromatic heterocycles. The minimum atomic E-state index is -0.0103. The Morgan fingerprint density at radius 2 is 1.83 bits per heavy atom. The summed E-state index contributed by atoms with van der Waals surface area (Å²) < 4.78 is 5.75. The Morgan fingerprint density at radius 3 is 2.57 bits per heavy atom. The van der Waals surface area contributed by atoms with Crippen molar-refractivity contribution >= 4 is 17.7 Å². The quantitative estimate of drug-likeness (QED) is 0.742. The van der Waals surface area contributed by atoms with Gasteiger partial charge in [0, 0.05) is 17.1 Å². The van der Waals surface area contributed by atoms with Crippen molar-refractivity contribution in [2.75, 3.05) is 12.4 Å². The van der Waals surface area contributed by atoms with E-state index in [1.165, 1.54) is 4.90 Å². The van der Waals surface area contributed by atoms with Crippen LogP contribution in [0.5, 0.6) is 5.75 Å². The van der Waals surface area contributed by atoms with E-state index in [0.717, 1.165) is 17.1 Å². The van der Waals surface area contributed by atoms with Gasteiger partial charge in [-0.05, 0) is 37.6 Å². The molecule has 2 aromatic carbocycles. The summed E-state index contributed by atoms with van der Waals surface area (Å²) in [6, 6.07) is 18.0. The first kappa shape index (κ1) is 17.4. The number of benzene rings is 2. The lowest BCUT2D eigenvalue weighted by Crippen LogP contribution is -2.37. The van der Waals surface area contributed by atoms with Crippen molar-refractivity contribution in [3.05, 3.63) is 60.2 Å². The van der Waals surface area contributed by atoms with Crippen molar-refractivity contribution in [2.45, 2.75) is 31.2 Å². The van der Waals surface area contributed by atoms with Gasteiger partial charge in [0.25, 0.3) is 0 Å². The highest BCUT2D eigenvalue weighted by Crippen LogP contribution is 2.18. The van der Waals surface area contributed by atoms with Gasteiger partial charge in [-0.25, -0.2) is 0 Å². The van der Waals surface area contributed by atoms with Gasteiger partial charge in [-0.3, -0.25) is 4.79 Å². The number of carbonyl (C=O) groups is 1. The molecule has 0 saturated heterocycles. The predicted octanol–water partition coefficient (Wildman–Crippen LogP) is 4.06. The van der Waals surface area contributed by atoms with Gasteiger partial charge in [0.05, 0.1) is 6.04 Å². The molecule has 1 amide bonds. The molecule has 0 aliphatic rings. The fraction of sp³-hybridized carbons (Fsp3) is 0.316. The molecule has 3 nitrogen and oxygen atoms in total. The van der Waals surface area contributed by atoms with Crippen LogP contribution in [0, 0.1) is 6.92 Å². The fourth-order valence-corrected chi connectivity index (χ4v) is 2.97. The van der Waals surface area contributed by atoms with Crippen molar-refractivity contribution in [2.24, 2.45) is 0 Å². The van der Waals surface area contributed by atoms with E-state index >= 15 is 0 Å². The summed E-state index contributed by atoms with van der Waals surface area (Å²) in [5.41, 5.74) is 1.10. The molecule has 0 aliphatic heterocycles. The van der Waals surface area contributed by atoms with Gasteiger partial charge in [-0.2, -0.15) is 0 Å². The summed E-state index contributed by atoms with van der Waals surface area (Å²) in [6.07, 6.45) is 0.508. The second-order valence-corrected chi connectivity index (χ2v) is 6.62. The molecule has 122 valence electrons. The van der Waals surface area contributed by atoms with E-state index in [1.807, 2.05) is 56.3 Å². The lowest BCUT2D eigenvalue weighted by Gasteiger charge is -2.16. The Bertz CT molecular complexity index is 616. The summed E-state index contributed by atoms with van der Waals surface area (Å²) in [6.45, 7) is 4.45. The van der Waals surface area contributed by atoms with E-state index in [0.29, 0.717) is 13.0 Å². The topological polar surface area (TPSA) is 38.3 Å². The number of ether oxygens (including phenoxy) is 1. The average Bonchev–Trinajstić information content (AvgIpc) is 2.55. The summed E-state index contributed by atoms with van der Waals surface area (Å²) in [7, 11) is 0. The highest BCUT2D eigenvalue weighted by atomic mass is 32.2. The van der Waals surface area contributed by atoms with Crippen LogP contribution in [0.3, 0.4) is 0 Å². The van der Waals surface area contributed by atoms with Crippen molar-refractivity contribution in [1.29, 1.82) is 0 Å². The Hall–Kier alpha value is -1.94. The number of carbonyl (C=O) groups excluding carboxylic acids is 1. The third-order valence-corrected chi connectivity index (χ3v) is 4.34. The fourth-order valence-electron chi connectivity index (χ4n) is 2.10. The highest BCUT2D eigenvalue weighted by Gasteiger charge is 2.09. The number of hydrogen-bond donors (Lipinski definition) is 1. The van der Waals surface area contributed by atoms with E-state index in [1.54, 1.807) is 11.8 Å². The molecule has 0 spiro atoms. The number of nitrogens with one attached hydrogen (secondary N) is 1. The molecule has 1 atom stereocenters. The predicted molar refractivity (Wildman–Crippen MR) is 96.1 cm³/mol. The highest BCUT2D eigenvalue weighted by molar-refractivity contribution is 7.99. The van der Waals surface area contributed by atoms with Crippen molar-refractivity contribution in [1.82, 2.24) is 5.32 Å². The van der Waals surface area contributed by atoms with Crippen LogP contribution in [0.4, 0.5) is 0 Å². The maximum absolute atomic E-state index is 11.9. The van der Waals surface area contributed by atoms with E-state index in [4.69, 9.17) is 4.74 Å². The van der Waals surface area contributed by atoms with Gasteiger partial charge >= 0.3 is 0 Å². The Morgan fingerprint density at radius 1 is 1.13 bits per heavy atom. The molecule has 0 heterocycles. The molecule has 0 aliphatic carbocycles. The zero-order chi connectivity index (χ0) is 16.5. The molecule has 2 rings (SSSR count). The Kier molecular flexibility index (Phi) is 7.01. The maximum atomic E-state index is 11.9. The average molecular weight is 329 g/mol. The van der Waals surface area contributed by atoms with E-state index < -0.39 is 0 Å². The van der Waals surface area contributed by atoms with E-state index in [9.17, 15) is 4.79 Å². The van der Waals surface area contributed by atoms with Gasteiger partial charge in [0.2, 0.25) is 5.91 Å².